The van der Waals surface area contributed by atoms with E-state index in [0.717, 1.165) is 47.5 Å². The van der Waals surface area contributed by atoms with Crippen molar-refractivity contribution in [2.75, 3.05) is 13.1 Å². The normalized spacial score (nSPS) is 16.1. The summed E-state index contributed by atoms with van der Waals surface area (Å²) in [6.45, 7) is 5.25. The second-order valence-corrected chi connectivity index (χ2v) is 8.52. The van der Waals surface area contributed by atoms with Crippen LogP contribution in [-0.2, 0) is 0 Å². The smallest absolute Gasteiger partial charge is 0.253 e. The molecule has 4 aromatic rings. The molecule has 0 aliphatic carbocycles. The number of aromatic nitrogens is 4. The number of carbonyl (C=O) groups excluding carboxylic acids is 1. The Hall–Kier alpha value is -3.87. The number of piperidine rings is 1. The van der Waals surface area contributed by atoms with Crippen molar-refractivity contribution >= 4 is 5.91 Å². The maximum atomic E-state index is 13.2. The highest BCUT2D eigenvalue weighted by Gasteiger charge is 2.29. The minimum atomic E-state index is 0.0557. The number of hydrogen-bond acceptors (Lipinski definition) is 6. The highest BCUT2D eigenvalue weighted by molar-refractivity contribution is 5.94. The molecule has 1 fully saturated rings. The summed E-state index contributed by atoms with van der Waals surface area (Å²) in [7, 11) is 0. The predicted molar refractivity (Wildman–Crippen MR) is 125 cm³/mol. The Labute approximate surface area is 192 Å². The average Bonchev–Trinajstić information content (AvgIpc) is 3.30. The van der Waals surface area contributed by atoms with E-state index < -0.39 is 0 Å². The van der Waals surface area contributed by atoms with Gasteiger partial charge in [0.25, 0.3) is 5.91 Å². The van der Waals surface area contributed by atoms with Crippen molar-refractivity contribution < 1.29 is 9.32 Å². The van der Waals surface area contributed by atoms with E-state index in [1.165, 1.54) is 0 Å². The topological polar surface area (TPSA) is 85.0 Å². The van der Waals surface area contributed by atoms with Gasteiger partial charge >= 0.3 is 0 Å². The van der Waals surface area contributed by atoms with Crippen molar-refractivity contribution in [3.63, 3.8) is 0 Å². The molecule has 5 rings (SSSR count). The predicted octanol–water partition coefficient (Wildman–Crippen LogP) is 4.83. The number of rotatable bonds is 4. The van der Waals surface area contributed by atoms with Gasteiger partial charge in [0.2, 0.25) is 0 Å². The SMILES string of the molecule is Cc1ccc(C(=O)N2CCCC(c3nc(-c4ccncc4)ncc3-c3cc(C)no3)C2)cc1. The number of benzene rings is 1. The fourth-order valence-electron chi connectivity index (χ4n) is 4.29. The number of carbonyl (C=O) groups is 1. The molecule has 33 heavy (non-hydrogen) atoms. The average molecular weight is 440 g/mol. The van der Waals surface area contributed by atoms with Crippen LogP contribution in [0.5, 0.6) is 0 Å². The summed E-state index contributed by atoms with van der Waals surface area (Å²) in [4.78, 5) is 28.8. The second-order valence-electron chi connectivity index (χ2n) is 8.52. The molecule has 1 amide bonds. The van der Waals surface area contributed by atoms with Crippen LogP contribution in [-0.4, -0.2) is 44.0 Å². The minimum absolute atomic E-state index is 0.0557. The number of hydrogen-bond donors (Lipinski definition) is 0. The molecular weight excluding hydrogens is 414 g/mol. The van der Waals surface area contributed by atoms with Crippen LogP contribution in [0.4, 0.5) is 0 Å². The summed E-state index contributed by atoms with van der Waals surface area (Å²) in [5, 5.41) is 4.05. The highest BCUT2D eigenvalue weighted by Crippen LogP contribution is 2.35. The quantitative estimate of drug-likeness (QED) is 0.453. The Kier molecular flexibility index (Phi) is 5.69. The van der Waals surface area contributed by atoms with Crippen molar-refractivity contribution in [2.45, 2.75) is 32.6 Å². The van der Waals surface area contributed by atoms with Crippen molar-refractivity contribution in [2.24, 2.45) is 0 Å². The van der Waals surface area contributed by atoms with E-state index in [-0.39, 0.29) is 11.8 Å². The third kappa shape index (κ3) is 4.39. The molecule has 4 heterocycles. The molecule has 0 spiro atoms. The third-order valence-corrected chi connectivity index (χ3v) is 6.04. The summed E-state index contributed by atoms with van der Waals surface area (Å²) < 4.78 is 5.56. The Morgan fingerprint density at radius 1 is 1.09 bits per heavy atom. The molecule has 7 heteroatoms. The summed E-state index contributed by atoms with van der Waals surface area (Å²) >= 11 is 0. The molecule has 0 bridgehead atoms. The molecule has 166 valence electrons. The first-order chi connectivity index (χ1) is 16.1. The maximum Gasteiger partial charge on any atom is 0.253 e. The lowest BCUT2D eigenvalue weighted by atomic mass is 9.90. The van der Waals surface area contributed by atoms with Crippen LogP contribution in [0.15, 0.2) is 65.6 Å². The van der Waals surface area contributed by atoms with E-state index in [1.807, 2.05) is 61.2 Å². The van der Waals surface area contributed by atoms with E-state index in [2.05, 4.69) is 15.1 Å². The summed E-state index contributed by atoms with van der Waals surface area (Å²) in [6, 6.07) is 13.4. The van der Waals surface area contributed by atoms with E-state index in [0.29, 0.717) is 23.7 Å². The molecule has 1 unspecified atom stereocenters. The van der Waals surface area contributed by atoms with Crippen molar-refractivity contribution in [1.29, 1.82) is 0 Å². The number of aryl methyl sites for hydroxylation is 2. The standard InChI is InChI=1S/C26H25N5O2/c1-17-5-7-20(8-6-17)26(32)31-13-3-4-21(16-31)24-22(23-14-18(2)30-33-23)15-28-25(29-24)19-9-11-27-12-10-19/h5-12,14-15,21H,3-4,13,16H2,1-2H3. The second kappa shape index (κ2) is 8.94. The van der Waals surface area contributed by atoms with Crippen LogP contribution in [0, 0.1) is 13.8 Å². The van der Waals surface area contributed by atoms with Crippen molar-refractivity contribution in [3.05, 3.63) is 83.6 Å². The van der Waals surface area contributed by atoms with Crippen LogP contribution in [0.2, 0.25) is 0 Å². The fraction of sp³-hybridized carbons (Fsp3) is 0.269. The van der Waals surface area contributed by atoms with Gasteiger partial charge in [-0.2, -0.15) is 0 Å². The summed E-state index contributed by atoms with van der Waals surface area (Å²) in [6.07, 6.45) is 7.11. The van der Waals surface area contributed by atoms with Gasteiger partial charge in [0.05, 0.1) is 17.0 Å². The summed E-state index contributed by atoms with van der Waals surface area (Å²) in [5.41, 5.74) is 5.26. The molecule has 0 N–H and O–H groups in total. The first kappa shape index (κ1) is 21.0. The Morgan fingerprint density at radius 3 is 2.61 bits per heavy atom. The molecule has 0 radical (unpaired) electrons. The molecule has 1 atom stereocenters. The third-order valence-electron chi connectivity index (χ3n) is 6.04. The minimum Gasteiger partial charge on any atom is -0.356 e. The molecule has 1 aliphatic heterocycles. The zero-order valence-corrected chi connectivity index (χ0v) is 18.7. The van der Waals surface area contributed by atoms with E-state index >= 15 is 0 Å². The number of nitrogens with zero attached hydrogens (tertiary/aromatic N) is 5. The lowest BCUT2D eigenvalue weighted by Crippen LogP contribution is -2.39. The van der Waals surface area contributed by atoms with Gasteiger partial charge in [-0.05, 0) is 51.0 Å². The molecule has 7 nitrogen and oxygen atoms in total. The largest absolute Gasteiger partial charge is 0.356 e. The Balaban J connectivity index is 1.50. The van der Waals surface area contributed by atoms with Crippen LogP contribution in [0.3, 0.4) is 0 Å². The van der Waals surface area contributed by atoms with Gasteiger partial charge in [-0.3, -0.25) is 9.78 Å². The van der Waals surface area contributed by atoms with Crippen LogP contribution >= 0.6 is 0 Å². The van der Waals surface area contributed by atoms with Gasteiger partial charge in [-0.25, -0.2) is 9.97 Å². The first-order valence-electron chi connectivity index (χ1n) is 11.2. The molecular formula is C26H25N5O2. The van der Waals surface area contributed by atoms with E-state index in [1.54, 1.807) is 18.6 Å². The van der Waals surface area contributed by atoms with E-state index in [4.69, 9.17) is 9.51 Å². The van der Waals surface area contributed by atoms with Gasteiger partial charge in [-0.15, -0.1) is 0 Å². The maximum absolute atomic E-state index is 13.2. The zero-order valence-electron chi connectivity index (χ0n) is 18.7. The Bertz CT molecular complexity index is 1270. The highest BCUT2D eigenvalue weighted by atomic mass is 16.5. The molecule has 0 saturated carbocycles. The number of pyridine rings is 1. The van der Waals surface area contributed by atoms with Gasteiger partial charge in [0.15, 0.2) is 11.6 Å². The summed E-state index contributed by atoms with van der Waals surface area (Å²) in [5.74, 6) is 1.40. The van der Waals surface area contributed by atoms with E-state index in [9.17, 15) is 4.79 Å². The molecule has 1 saturated heterocycles. The molecule has 1 aliphatic rings. The van der Waals surface area contributed by atoms with Crippen LogP contribution in [0.25, 0.3) is 22.7 Å². The van der Waals surface area contributed by atoms with Crippen molar-refractivity contribution in [3.8, 4) is 22.7 Å². The van der Waals surface area contributed by atoms with Gasteiger partial charge in [0.1, 0.15) is 0 Å². The van der Waals surface area contributed by atoms with Gasteiger partial charge in [0, 0.05) is 54.8 Å². The zero-order chi connectivity index (χ0) is 22.8. The lowest BCUT2D eigenvalue weighted by molar-refractivity contribution is 0.0706. The van der Waals surface area contributed by atoms with Gasteiger partial charge < -0.3 is 9.42 Å². The fourth-order valence-corrected chi connectivity index (χ4v) is 4.29. The molecule has 1 aromatic carbocycles. The monoisotopic (exact) mass is 439 g/mol. The molecule has 3 aromatic heterocycles. The first-order valence-corrected chi connectivity index (χ1v) is 11.2. The van der Waals surface area contributed by atoms with Crippen LogP contribution < -0.4 is 0 Å². The lowest BCUT2D eigenvalue weighted by Gasteiger charge is -2.33. The van der Waals surface area contributed by atoms with Crippen molar-refractivity contribution in [1.82, 2.24) is 25.0 Å². The van der Waals surface area contributed by atoms with Gasteiger partial charge in [-0.1, -0.05) is 22.9 Å². The van der Waals surface area contributed by atoms with Crippen LogP contribution in [0.1, 0.15) is 46.1 Å². The Morgan fingerprint density at radius 2 is 1.88 bits per heavy atom. The number of likely N-dealkylation sites (tertiary alicyclic amines) is 1. The number of amides is 1.